The van der Waals surface area contributed by atoms with Crippen molar-refractivity contribution in [2.75, 3.05) is 0 Å². The zero-order valence-electron chi connectivity index (χ0n) is 15.8. The van der Waals surface area contributed by atoms with Crippen molar-refractivity contribution >= 4 is 23.2 Å². The number of ketones is 1. The average Bonchev–Trinajstić information content (AvgIpc) is 2.73. The average molecular weight is 408 g/mol. The van der Waals surface area contributed by atoms with Crippen LogP contribution in [0, 0.1) is 5.41 Å². The van der Waals surface area contributed by atoms with Gasteiger partial charge in [0, 0.05) is 40.2 Å². The molecule has 0 saturated heterocycles. The molecule has 5 nitrogen and oxygen atoms in total. The van der Waals surface area contributed by atoms with Gasteiger partial charge in [-0.15, -0.1) is 0 Å². The van der Waals surface area contributed by atoms with Crippen LogP contribution in [-0.4, -0.2) is 11.6 Å². The Balaban J connectivity index is 1.84. The molecule has 0 bridgehead atoms. The molecule has 0 aromatic heterocycles. The number of ether oxygens (including phenoxy) is 1. The molecule has 0 aliphatic heterocycles. The Morgan fingerprint density at radius 2 is 1.72 bits per heavy atom. The highest BCUT2D eigenvalue weighted by molar-refractivity contribution is 6.31. The highest BCUT2D eigenvalue weighted by Crippen LogP contribution is 2.25. The molecule has 0 unspecified atom stereocenters. The summed E-state index contributed by atoms with van der Waals surface area (Å²) in [5.41, 5.74) is 14.8. The Morgan fingerprint density at radius 3 is 2.38 bits per heavy atom. The Bertz CT molecular complexity index is 1040. The highest BCUT2D eigenvalue weighted by Gasteiger charge is 2.14. The molecule has 148 valence electrons. The zero-order valence-corrected chi connectivity index (χ0v) is 16.6. The molecule has 3 aromatic rings. The van der Waals surface area contributed by atoms with Gasteiger partial charge in [-0.2, -0.15) is 0 Å². The van der Waals surface area contributed by atoms with E-state index in [0.29, 0.717) is 34.0 Å². The number of benzene rings is 3. The van der Waals surface area contributed by atoms with Crippen LogP contribution in [0.4, 0.5) is 0 Å². The maximum absolute atomic E-state index is 12.7. The van der Waals surface area contributed by atoms with Gasteiger partial charge in [0.1, 0.15) is 18.2 Å². The van der Waals surface area contributed by atoms with Crippen molar-refractivity contribution in [2.24, 2.45) is 11.5 Å². The zero-order chi connectivity index (χ0) is 20.8. The van der Waals surface area contributed by atoms with Crippen LogP contribution in [0.15, 0.2) is 66.7 Å². The standard InChI is InChI=1S/C23H22ClN3O2/c24-20-10-15(13-25)6-7-18(20)14-29-22-9-8-17(23(26)27)11-19(22)12-21(28)16-4-2-1-3-5-16/h1-11H,12-14,25H2,(H3,26,27). The Labute approximate surface area is 174 Å². The topological polar surface area (TPSA) is 102 Å². The minimum Gasteiger partial charge on any atom is -0.489 e. The predicted octanol–water partition coefficient (Wildman–Crippen LogP) is 4.09. The summed E-state index contributed by atoms with van der Waals surface area (Å²) in [5.74, 6) is 0.449. The number of Topliss-reactive ketones (excluding diaryl/α,β-unsaturated/α-hetero) is 1. The van der Waals surface area contributed by atoms with E-state index in [1.807, 2.05) is 36.4 Å². The first-order valence-corrected chi connectivity index (χ1v) is 9.51. The van der Waals surface area contributed by atoms with Crippen LogP contribution in [0.25, 0.3) is 0 Å². The second-order valence-electron chi connectivity index (χ2n) is 6.62. The summed E-state index contributed by atoms with van der Waals surface area (Å²) >= 11 is 6.31. The molecule has 0 heterocycles. The lowest BCUT2D eigenvalue weighted by molar-refractivity contribution is 0.0991. The summed E-state index contributed by atoms with van der Waals surface area (Å²) in [5, 5.41) is 8.26. The van der Waals surface area contributed by atoms with Crippen LogP contribution < -0.4 is 16.2 Å². The van der Waals surface area contributed by atoms with Crippen LogP contribution in [0.2, 0.25) is 5.02 Å². The molecule has 0 fully saturated rings. The Hall–Kier alpha value is -3.15. The first-order chi connectivity index (χ1) is 14.0. The number of halogens is 1. The van der Waals surface area contributed by atoms with Gasteiger partial charge in [0.05, 0.1) is 0 Å². The summed E-state index contributed by atoms with van der Waals surface area (Å²) in [6.07, 6.45) is 0.139. The first kappa shape index (κ1) is 20.6. The minimum atomic E-state index is -0.0645. The minimum absolute atomic E-state index is 0.0403. The molecule has 3 aromatic carbocycles. The van der Waals surface area contributed by atoms with Crippen molar-refractivity contribution in [3.63, 3.8) is 0 Å². The molecule has 3 rings (SSSR count). The van der Waals surface area contributed by atoms with Crippen molar-refractivity contribution < 1.29 is 9.53 Å². The molecule has 0 saturated carbocycles. The largest absolute Gasteiger partial charge is 0.489 e. The second kappa shape index (κ2) is 9.37. The first-order valence-electron chi connectivity index (χ1n) is 9.13. The second-order valence-corrected chi connectivity index (χ2v) is 7.03. The van der Waals surface area contributed by atoms with E-state index in [2.05, 4.69) is 0 Å². The van der Waals surface area contributed by atoms with Gasteiger partial charge in [-0.25, -0.2) is 0 Å². The van der Waals surface area contributed by atoms with Crippen LogP contribution in [0.5, 0.6) is 5.75 Å². The molecule has 0 aliphatic carbocycles. The predicted molar refractivity (Wildman–Crippen MR) is 116 cm³/mol. The van der Waals surface area contributed by atoms with Crippen LogP contribution in [0.1, 0.15) is 32.6 Å². The number of carbonyl (C=O) groups is 1. The third-order valence-electron chi connectivity index (χ3n) is 4.55. The van der Waals surface area contributed by atoms with E-state index in [-0.39, 0.29) is 24.6 Å². The maximum Gasteiger partial charge on any atom is 0.167 e. The number of hydrogen-bond donors (Lipinski definition) is 3. The van der Waals surface area contributed by atoms with E-state index in [4.69, 9.17) is 33.2 Å². The fourth-order valence-corrected chi connectivity index (χ4v) is 3.17. The third-order valence-corrected chi connectivity index (χ3v) is 4.91. The normalized spacial score (nSPS) is 10.6. The summed E-state index contributed by atoms with van der Waals surface area (Å²) in [4.78, 5) is 12.7. The summed E-state index contributed by atoms with van der Waals surface area (Å²) in [6.45, 7) is 0.661. The number of nitrogens with one attached hydrogen (secondary N) is 1. The molecule has 0 atom stereocenters. The summed E-state index contributed by atoms with van der Waals surface area (Å²) < 4.78 is 5.97. The molecule has 0 spiro atoms. The molecule has 0 amide bonds. The number of hydrogen-bond acceptors (Lipinski definition) is 4. The monoisotopic (exact) mass is 407 g/mol. The lowest BCUT2D eigenvalue weighted by Crippen LogP contribution is -2.13. The van der Waals surface area contributed by atoms with E-state index >= 15 is 0 Å². The summed E-state index contributed by atoms with van der Waals surface area (Å²) in [7, 11) is 0. The van der Waals surface area contributed by atoms with Gasteiger partial charge in [0.15, 0.2) is 5.78 Å². The quantitative estimate of drug-likeness (QED) is 0.297. The number of nitrogens with two attached hydrogens (primary N) is 2. The molecule has 5 N–H and O–H groups in total. The molecule has 29 heavy (non-hydrogen) atoms. The van der Waals surface area contributed by atoms with Crippen molar-refractivity contribution in [3.8, 4) is 5.75 Å². The molecule has 6 heteroatoms. The number of nitrogen functional groups attached to an aromatic ring is 1. The van der Waals surface area contributed by atoms with E-state index in [1.54, 1.807) is 30.3 Å². The number of carbonyl (C=O) groups excluding carboxylic acids is 1. The van der Waals surface area contributed by atoms with Crippen LogP contribution >= 0.6 is 11.6 Å². The number of rotatable bonds is 8. The summed E-state index contributed by atoms with van der Waals surface area (Å²) in [6, 6.07) is 19.8. The lowest BCUT2D eigenvalue weighted by atomic mass is 10.00. The Kier molecular flexibility index (Phi) is 6.65. The highest BCUT2D eigenvalue weighted by atomic mass is 35.5. The molecular weight excluding hydrogens is 386 g/mol. The van der Waals surface area contributed by atoms with Crippen LogP contribution in [-0.2, 0) is 19.6 Å². The fourth-order valence-electron chi connectivity index (χ4n) is 2.92. The van der Waals surface area contributed by atoms with Gasteiger partial charge in [-0.05, 0) is 29.8 Å². The van der Waals surface area contributed by atoms with Gasteiger partial charge in [-0.3, -0.25) is 10.2 Å². The third kappa shape index (κ3) is 5.22. The molecule has 0 aliphatic rings. The van der Waals surface area contributed by atoms with Gasteiger partial charge in [-0.1, -0.05) is 54.1 Å². The maximum atomic E-state index is 12.7. The van der Waals surface area contributed by atoms with Gasteiger partial charge in [0.25, 0.3) is 0 Å². The van der Waals surface area contributed by atoms with Crippen molar-refractivity contribution in [3.05, 3.63) is 99.6 Å². The van der Waals surface area contributed by atoms with Crippen LogP contribution in [0.3, 0.4) is 0 Å². The van der Waals surface area contributed by atoms with Gasteiger partial charge < -0.3 is 16.2 Å². The SMILES string of the molecule is N=C(N)c1ccc(OCc2ccc(CN)cc2Cl)c(CC(=O)c2ccccc2)c1. The number of amidine groups is 1. The van der Waals surface area contributed by atoms with Gasteiger partial charge >= 0.3 is 0 Å². The fraction of sp³-hybridized carbons (Fsp3) is 0.130. The van der Waals surface area contributed by atoms with E-state index in [0.717, 1.165) is 11.1 Å². The van der Waals surface area contributed by atoms with Crippen molar-refractivity contribution in [1.82, 2.24) is 0 Å². The molecular formula is C23H22ClN3O2. The van der Waals surface area contributed by atoms with E-state index in [9.17, 15) is 4.79 Å². The Morgan fingerprint density at radius 1 is 0.966 bits per heavy atom. The van der Waals surface area contributed by atoms with Gasteiger partial charge in [0.2, 0.25) is 0 Å². The van der Waals surface area contributed by atoms with E-state index in [1.165, 1.54) is 0 Å². The van der Waals surface area contributed by atoms with Crippen molar-refractivity contribution in [2.45, 2.75) is 19.6 Å². The lowest BCUT2D eigenvalue weighted by Gasteiger charge is -2.14. The molecule has 0 radical (unpaired) electrons. The smallest absolute Gasteiger partial charge is 0.167 e. The van der Waals surface area contributed by atoms with Crippen molar-refractivity contribution in [1.29, 1.82) is 5.41 Å². The van der Waals surface area contributed by atoms with E-state index < -0.39 is 0 Å².